The monoisotopic (exact) mass is 306 g/mol. The summed E-state index contributed by atoms with van der Waals surface area (Å²) >= 11 is 1.16. The molecule has 0 aliphatic heterocycles. The second kappa shape index (κ2) is 7.19. The Labute approximate surface area is 127 Å². The van der Waals surface area contributed by atoms with Gasteiger partial charge in [0.15, 0.2) is 0 Å². The number of hydrogen-bond donors (Lipinski definition) is 1. The molecule has 0 bridgehead atoms. The summed E-state index contributed by atoms with van der Waals surface area (Å²) in [5.74, 6) is 0.835. The molecule has 0 spiro atoms. The molecule has 0 amide bonds. The topological polar surface area (TPSA) is 64.4 Å². The predicted molar refractivity (Wildman–Crippen MR) is 83.8 cm³/mol. The van der Waals surface area contributed by atoms with Crippen molar-refractivity contribution in [1.82, 2.24) is 5.32 Å². The van der Waals surface area contributed by atoms with Crippen LogP contribution in [-0.4, -0.2) is 12.0 Å². The van der Waals surface area contributed by atoms with Gasteiger partial charge in [-0.25, -0.2) is 0 Å². The molecule has 1 atom stereocenters. The van der Waals surface area contributed by atoms with Crippen LogP contribution in [0.5, 0.6) is 5.75 Å². The van der Waals surface area contributed by atoms with Crippen LogP contribution in [-0.2, 0) is 6.54 Å². The Morgan fingerprint density at radius 1 is 1.38 bits per heavy atom. The van der Waals surface area contributed by atoms with Gasteiger partial charge in [-0.15, -0.1) is 0 Å². The molecule has 0 aliphatic carbocycles. The molecular weight excluding hydrogens is 288 g/mol. The van der Waals surface area contributed by atoms with Crippen molar-refractivity contribution in [2.75, 3.05) is 7.11 Å². The van der Waals surface area contributed by atoms with Crippen molar-refractivity contribution in [2.45, 2.75) is 25.9 Å². The highest BCUT2D eigenvalue weighted by Gasteiger charge is 2.12. The second-order valence-corrected chi connectivity index (χ2v) is 5.55. The van der Waals surface area contributed by atoms with Crippen molar-refractivity contribution in [3.63, 3.8) is 0 Å². The Balaban J connectivity index is 1.99. The summed E-state index contributed by atoms with van der Waals surface area (Å²) in [4.78, 5) is 10.3. The third-order valence-electron chi connectivity index (χ3n) is 3.30. The number of thiophene rings is 1. The zero-order chi connectivity index (χ0) is 15.2. The highest BCUT2D eigenvalue weighted by atomic mass is 32.1. The van der Waals surface area contributed by atoms with Crippen LogP contribution in [0, 0.1) is 10.1 Å². The summed E-state index contributed by atoms with van der Waals surface area (Å²) in [6, 6.07) is 9.80. The number of nitro groups is 1. The lowest BCUT2D eigenvalue weighted by Gasteiger charge is -2.17. The maximum absolute atomic E-state index is 10.7. The van der Waals surface area contributed by atoms with E-state index in [9.17, 15) is 10.1 Å². The lowest BCUT2D eigenvalue weighted by atomic mass is 10.0. The summed E-state index contributed by atoms with van der Waals surface area (Å²) in [6.45, 7) is 2.73. The molecule has 2 rings (SSSR count). The van der Waals surface area contributed by atoms with Gasteiger partial charge in [0.05, 0.1) is 12.0 Å². The Morgan fingerprint density at radius 2 is 2.10 bits per heavy atom. The minimum Gasteiger partial charge on any atom is -0.497 e. The molecule has 2 aromatic rings. The molecule has 0 aliphatic rings. The van der Waals surface area contributed by atoms with Crippen LogP contribution < -0.4 is 10.1 Å². The highest BCUT2D eigenvalue weighted by molar-refractivity contribution is 7.13. The van der Waals surface area contributed by atoms with E-state index in [-0.39, 0.29) is 16.0 Å². The van der Waals surface area contributed by atoms with Gasteiger partial charge < -0.3 is 10.1 Å². The molecule has 0 saturated carbocycles. The summed E-state index contributed by atoms with van der Waals surface area (Å²) < 4.78 is 5.15. The molecule has 0 radical (unpaired) electrons. The zero-order valence-corrected chi connectivity index (χ0v) is 12.9. The lowest BCUT2D eigenvalue weighted by molar-refractivity contribution is -0.380. The van der Waals surface area contributed by atoms with E-state index in [0.717, 1.165) is 29.1 Å². The smallest absolute Gasteiger partial charge is 0.324 e. The van der Waals surface area contributed by atoms with E-state index in [2.05, 4.69) is 12.2 Å². The SMILES string of the molecule is CCC(NCc1csc([N+](=O)[O-])c1)c1ccc(OC)cc1. The molecule has 0 fully saturated rings. The fraction of sp³-hybridized carbons (Fsp3) is 0.333. The van der Waals surface area contributed by atoms with Crippen LogP contribution in [0.15, 0.2) is 35.7 Å². The largest absolute Gasteiger partial charge is 0.497 e. The average Bonchev–Trinajstić information content (AvgIpc) is 2.98. The van der Waals surface area contributed by atoms with E-state index in [4.69, 9.17) is 4.74 Å². The van der Waals surface area contributed by atoms with Crippen molar-refractivity contribution in [1.29, 1.82) is 0 Å². The minimum atomic E-state index is -0.352. The van der Waals surface area contributed by atoms with Crippen molar-refractivity contribution >= 4 is 16.3 Å². The fourth-order valence-corrected chi connectivity index (χ4v) is 2.86. The van der Waals surface area contributed by atoms with E-state index in [1.807, 2.05) is 29.6 Å². The van der Waals surface area contributed by atoms with E-state index >= 15 is 0 Å². The summed E-state index contributed by atoms with van der Waals surface area (Å²) in [6.07, 6.45) is 0.943. The molecule has 6 heteroatoms. The number of methoxy groups -OCH3 is 1. The number of nitrogens with zero attached hydrogens (tertiary/aromatic N) is 1. The zero-order valence-electron chi connectivity index (χ0n) is 12.0. The van der Waals surface area contributed by atoms with Gasteiger partial charge in [-0.05, 0) is 29.7 Å². The normalized spacial score (nSPS) is 12.1. The fourth-order valence-electron chi connectivity index (χ4n) is 2.13. The molecule has 21 heavy (non-hydrogen) atoms. The van der Waals surface area contributed by atoms with Crippen molar-refractivity contribution in [2.24, 2.45) is 0 Å². The number of benzene rings is 1. The first kappa shape index (κ1) is 15.5. The van der Waals surface area contributed by atoms with Crippen LogP contribution in [0.1, 0.15) is 30.5 Å². The van der Waals surface area contributed by atoms with Gasteiger partial charge >= 0.3 is 5.00 Å². The minimum absolute atomic E-state index is 0.185. The maximum Gasteiger partial charge on any atom is 0.324 e. The van der Waals surface area contributed by atoms with Crippen LogP contribution in [0.4, 0.5) is 5.00 Å². The quantitative estimate of drug-likeness (QED) is 0.622. The van der Waals surface area contributed by atoms with Gasteiger partial charge in [0.1, 0.15) is 5.75 Å². The third kappa shape index (κ3) is 4.03. The van der Waals surface area contributed by atoms with Gasteiger partial charge in [-0.1, -0.05) is 30.4 Å². The first-order valence-corrected chi connectivity index (χ1v) is 7.61. The standard InChI is InChI=1S/C15H18N2O3S/c1-3-14(12-4-6-13(20-2)7-5-12)16-9-11-8-15(17(18)19)21-10-11/h4-8,10,14,16H,3,9H2,1-2H3. The van der Waals surface area contributed by atoms with Crippen molar-refractivity contribution < 1.29 is 9.66 Å². The number of nitrogens with one attached hydrogen (secondary N) is 1. The first-order valence-electron chi connectivity index (χ1n) is 6.73. The average molecular weight is 306 g/mol. The van der Waals surface area contributed by atoms with Gasteiger partial charge in [0, 0.05) is 24.0 Å². The Morgan fingerprint density at radius 3 is 2.62 bits per heavy atom. The molecule has 1 N–H and O–H groups in total. The molecule has 1 unspecified atom stereocenters. The van der Waals surface area contributed by atoms with Gasteiger partial charge in [-0.3, -0.25) is 10.1 Å². The van der Waals surface area contributed by atoms with Gasteiger partial charge in [0.25, 0.3) is 0 Å². The van der Waals surface area contributed by atoms with Gasteiger partial charge in [0.2, 0.25) is 0 Å². The Bertz CT molecular complexity index is 595. The maximum atomic E-state index is 10.7. The van der Waals surface area contributed by atoms with E-state index in [0.29, 0.717) is 6.54 Å². The predicted octanol–water partition coefficient (Wildman–Crippen LogP) is 3.91. The second-order valence-electron chi connectivity index (χ2n) is 4.67. The first-order chi connectivity index (χ1) is 10.1. The van der Waals surface area contributed by atoms with Crippen molar-refractivity contribution in [3.05, 3.63) is 57.0 Å². The molecule has 1 aromatic heterocycles. The van der Waals surface area contributed by atoms with Crippen molar-refractivity contribution in [3.8, 4) is 5.75 Å². The van der Waals surface area contributed by atoms with Gasteiger partial charge in [-0.2, -0.15) is 0 Å². The Kier molecular flexibility index (Phi) is 5.30. The number of rotatable bonds is 7. The molecule has 0 saturated heterocycles. The summed E-state index contributed by atoms with van der Waals surface area (Å²) in [5.41, 5.74) is 2.13. The van der Waals surface area contributed by atoms with Crippen LogP contribution in [0.2, 0.25) is 0 Å². The Hall–Kier alpha value is -1.92. The number of hydrogen-bond acceptors (Lipinski definition) is 5. The molecule has 1 aromatic carbocycles. The highest BCUT2D eigenvalue weighted by Crippen LogP contribution is 2.24. The van der Waals surface area contributed by atoms with Crippen LogP contribution >= 0.6 is 11.3 Å². The molecule has 112 valence electrons. The van der Waals surface area contributed by atoms with E-state index < -0.39 is 0 Å². The van der Waals surface area contributed by atoms with Crippen LogP contribution in [0.3, 0.4) is 0 Å². The molecule has 1 heterocycles. The number of ether oxygens (including phenoxy) is 1. The molecule has 5 nitrogen and oxygen atoms in total. The van der Waals surface area contributed by atoms with E-state index in [1.54, 1.807) is 13.2 Å². The van der Waals surface area contributed by atoms with E-state index in [1.165, 1.54) is 5.56 Å². The molecular formula is C15H18N2O3S. The summed E-state index contributed by atoms with van der Waals surface area (Å²) in [7, 11) is 1.65. The third-order valence-corrected chi connectivity index (χ3v) is 4.23. The van der Waals surface area contributed by atoms with Crippen LogP contribution in [0.25, 0.3) is 0 Å². The lowest BCUT2D eigenvalue weighted by Crippen LogP contribution is -2.19. The summed E-state index contributed by atoms with van der Waals surface area (Å²) in [5, 5.41) is 16.1.